The van der Waals surface area contributed by atoms with Crippen LogP contribution in [0.3, 0.4) is 0 Å². The van der Waals surface area contributed by atoms with E-state index in [4.69, 9.17) is 21.1 Å². The Labute approximate surface area is 247 Å². The topological polar surface area (TPSA) is 105 Å². The number of carbonyl (C=O) groups excluding carboxylic acids is 2. The molecule has 1 unspecified atom stereocenters. The van der Waals surface area contributed by atoms with Crippen molar-refractivity contribution in [1.29, 1.82) is 0 Å². The molecule has 11 heteroatoms. The summed E-state index contributed by atoms with van der Waals surface area (Å²) in [7, 11) is -1.42. The van der Waals surface area contributed by atoms with E-state index in [0.29, 0.717) is 16.3 Å². The number of benzene rings is 3. The Morgan fingerprint density at radius 1 is 0.927 bits per heavy atom. The van der Waals surface area contributed by atoms with Crippen LogP contribution in [0.2, 0.25) is 5.02 Å². The van der Waals surface area contributed by atoms with Gasteiger partial charge in [-0.2, -0.15) is 0 Å². The molecule has 0 spiro atoms. The van der Waals surface area contributed by atoms with Crippen molar-refractivity contribution in [3.63, 3.8) is 0 Å². The minimum absolute atomic E-state index is 0.00331. The number of hydrogen-bond donors (Lipinski definition) is 1. The van der Waals surface area contributed by atoms with Crippen LogP contribution in [0.25, 0.3) is 0 Å². The van der Waals surface area contributed by atoms with E-state index in [-0.39, 0.29) is 34.8 Å². The van der Waals surface area contributed by atoms with Gasteiger partial charge in [0, 0.05) is 23.7 Å². The van der Waals surface area contributed by atoms with Gasteiger partial charge in [0.05, 0.1) is 24.8 Å². The van der Waals surface area contributed by atoms with Crippen molar-refractivity contribution in [1.82, 2.24) is 10.2 Å². The van der Waals surface area contributed by atoms with E-state index in [2.05, 4.69) is 5.32 Å². The van der Waals surface area contributed by atoms with E-state index in [1.165, 1.54) is 37.3 Å². The lowest BCUT2D eigenvalue weighted by Crippen LogP contribution is -2.52. The van der Waals surface area contributed by atoms with Gasteiger partial charge < -0.3 is 19.7 Å². The van der Waals surface area contributed by atoms with Gasteiger partial charge in [0.2, 0.25) is 11.8 Å². The molecule has 0 radical (unpaired) electrons. The molecule has 220 valence electrons. The summed E-state index contributed by atoms with van der Waals surface area (Å²) in [4.78, 5) is 28.3. The van der Waals surface area contributed by atoms with Crippen molar-refractivity contribution >= 4 is 39.1 Å². The summed E-state index contributed by atoms with van der Waals surface area (Å²) in [5.41, 5.74) is 1.83. The number of rotatable bonds is 12. The summed E-state index contributed by atoms with van der Waals surface area (Å²) in [6.07, 6.45) is 0. The monoisotopic (exact) mass is 601 g/mol. The van der Waals surface area contributed by atoms with E-state index in [1.54, 1.807) is 55.5 Å². The molecule has 41 heavy (non-hydrogen) atoms. The maximum absolute atomic E-state index is 14.1. The van der Waals surface area contributed by atoms with Crippen molar-refractivity contribution in [2.24, 2.45) is 0 Å². The van der Waals surface area contributed by atoms with E-state index < -0.39 is 28.5 Å². The fourth-order valence-corrected chi connectivity index (χ4v) is 5.77. The molecule has 2 amide bonds. The lowest BCUT2D eigenvalue weighted by atomic mass is 10.1. The molecular formula is C30H36ClN3O6S. The highest BCUT2D eigenvalue weighted by Gasteiger charge is 2.33. The first-order chi connectivity index (χ1) is 19.4. The van der Waals surface area contributed by atoms with Crippen LogP contribution in [0.1, 0.15) is 31.9 Å². The van der Waals surface area contributed by atoms with Crippen LogP contribution in [-0.2, 0) is 26.2 Å². The number of sulfonamides is 1. The summed E-state index contributed by atoms with van der Waals surface area (Å²) in [6, 6.07) is 16.9. The summed E-state index contributed by atoms with van der Waals surface area (Å²) >= 11 is 6.40. The number of amides is 2. The Bertz CT molecular complexity index is 1480. The second-order valence-electron chi connectivity index (χ2n) is 9.82. The third-order valence-corrected chi connectivity index (χ3v) is 8.58. The highest BCUT2D eigenvalue weighted by atomic mass is 35.5. The molecule has 0 aliphatic heterocycles. The number of nitrogens with zero attached hydrogens (tertiary/aromatic N) is 2. The van der Waals surface area contributed by atoms with E-state index in [0.717, 1.165) is 9.87 Å². The van der Waals surface area contributed by atoms with Crippen LogP contribution in [0.15, 0.2) is 71.6 Å². The van der Waals surface area contributed by atoms with Crippen LogP contribution >= 0.6 is 11.6 Å². The molecule has 3 aromatic carbocycles. The largest absolute Gasteiger partial charge is 0.493 e. The van der Waals surface area contributed by atoms with Crippen LogP contribution in [-0.4, -0.2) is 58.0 Å². The summed E-state index contributed by atoms with van der Waals surface area (Å²) < 4.78 is 39.7. The fraction of sp³-hybridized carbons (Fsp3) is 0.333. The second-order valence-corrected chi connectivity index (χ2v) is 12.1. The predicted molar refractivity (Wildman–Crippen MR) is 160 cm³/mol. The van der Waals surface area contributed by atoms with E-state index >= 15 is 0 Å². The van der Waals surface area contributed by atoms with Crippen molar-refractivity contribution < 1.29 is 27.5 Å². The minimum Gasteiger partial charge on any atom is -0.493 e. The van der Waals surface area contributed by atoms with Gasteiger partial charge in [0.15, 0.2) is 11.5 Å². The van der Waals surface area contributed by atoms with Crippen LogP contribution < -0.4 is 19.1 Å². The SMILES string of the molecule is COc1ccc(S(=O)(=O)N(CC(=O)N(Cc2ccccc2Cl)C(C)C(=O)NC(C)C)c2ccc(C)cc2)cc1OC. The van der Waals surface area contributed by atoms with Gasteiger partial charge in [0.1, 0.15) is 12.6 Å². The minimum atomic E-state index is -4.28. The molecule has 0 fully saturated rings. The standard InChI is InChI=1S/C30H36ClN3O6S/c1-20(2)32-30(36)22(4)33(18-23-9-7-8-10-26(23)31)29(35)19-34(24-13-11-21(3)12-14-24)41(37,38)25-15-16-27(39-5)28(17-25)40-6/h7-17,20,22H,18-19H2,1-6H3,(H,32,36). The Morgan fingerprint density at radius 2 is 1.56 bits per heavy atom. The number of anilines is 1. The molecule has 0 aliphatic carbocycles. The number of nitrogens with one attached hydrogen (secondary N) is 1. The molecule has 3 rings (SSSR count). The fourth-order valence-electron chi connectivity index (χ4n) is 4.14. The van der Waals surface area contributed by atoms with Gasteiger partial charge in [0.25, 0.3) is 10.0 Å². The van der Waals surface area contributed by atoms with Gasteiger partial charge in [-0.1, -0.05) is 47.5 Å². The number of aryl methyl sites for hydroxylation is 1. The van der Waals surface area contributed by atoms with Crippen LogP contribution in [0.4, 0.5) is 5.69 Å². The Morgan fingerprint density at radius 3 is 2.15 bits per heavy atom. The van der Waals surface area contributed by atoms with Crippen LogP contribution in [0.5, 0.6) is 11.5 Å². The Kier molecular flexibility index (Phi) is 10.6. The molecule has 1 atom stereocenters. The number of ether oxygens (including phenoxy) is 2. The summed E-state index contributed by atoms with van der Waals surface area (Å²) in [6.45, 7) is 6.56. The average molecular weight is 602 g/mol. The van der Waals surface area contributed by atoms with E-state index in [1.807, 2.05) is 20.8 Å². The zero-order chi connectivity index (χ0) is 30.3. The average Bonchev–Trinajstić information content (AvgIpc) is 2.94. The van der Waals surface area contributed by atoms with Crippen LogP contribution in [0, 0.1) is 6.92 Å². The van der Waals surface area contributed by atoms with Crippen molar-refractivity contribution in [2.45, 2.75) is 51.2 Å². The molecule has 0 heterocycles. The molecule has 0 bridgehead atoms. The number of methoxy groups -OCH3 is 2. The Hall–Kier alpha value is -3.76. The quantitative estimate of drug-likeness (QED) is 0.320. The number of hydrogen-bond acceptors (Lipinski definition) is 6. The van der Waals surface area contributed by atoms with Crippen molar-refractivity contribution in [3.8, 4) is 11.5 Å². The Balaban J connectivity index is 2.08. The maximum Gasteiger partial charge on any atom is 0.264 e. The normalized spacial score (nSPS) is 12.0. The predicted octanol–water partition coefficient (Wildman–Crippen LogP) is 4.80. The first-order valence-electron chi connectivity index (χ1n) is 13.0. The van der Waals surface area contributed by atoms with Crippen molar-refractivity contribution in [3.05, 3.63) is 82.9 Å². The van der Waals surface area contributed by atoms with Gasteiger partial charge in [-0.05, 0) is 63.6 Å². The first kappa shape index (κ1) is 31.8. The number of carbonyl (C=O) groups is 2. The summed E-state index contributed by atoms with van der Waals surface area (Å²) in [5.74, 6) is -0.366. The van der Waals surface area contributed by atoms with E-state index in [9.17, 15) is 18.0 Å². The first-order valence-corrected chi connectivity index (χ1v) is 14.9. The molecule has 0 saturated heterocycles. The highest BCUT2D eigenvalue weighted by Crippen LogP contribution is 2.32. The van der Waals surface area contributed by atoms with Gasteiger partial charge in [-0.15, -0.1) is 0 Å². The molecule has 0 aromatic heterocycles. The highest BCUT2D eigenvalue weighted by molar-refractivity contribution is 7.92. The zero-order valence-corrected chi connectivity index (χ0v) is 25.6. The van der Waals surface area contributed by atoms with Gasteiger partial charge >= 0.3 is 0 Å². The van der Waals surface area contributed by atoms with Gasteiger partial charge in [-0.25, -0.2) is 8.42 Å². The molecule has 0 saturated carbocycles. The lowest BCUT2D eigenvalue weighted by Gasteiger charge is -2.32. The lowest BCUT2D eigenvalue weighted by molar-refractivity contribution is -0.139. The maximum atomic E-state index is 14.1. The third kappa shape index (κ3) is 7.71. The third-order valence-electron chi connectivity index (χ3n) is 6.44. The molecule has 9 nitrogen and oxygen atoms in total. The summed E-state index contributed by atoms with van der Waals surface area (Å²) in [5, 5.41) is 3.25. The smallest absolute Gasteiger partial charge is 0.264 e. The molecule has 1 N–H and O–H groups in total. The second kappa shape index (κ2) is 13.7. The molecule has 3 aromatic rings. The molecular weight excluding hydrogens is 566 g/mol. The van der Waals surface area contributed by atoms with Gasteiger partial charge in [-0.3, -0.25) is 13.9 Å². The van der Waals surface area contributed by atoms with Crippen molar-refractivity contribution in [2.75, 3.05) is 25.1 Å². The zero-order valence-electron chi connectivity index (χ0n) is 24.0. The number of halogens is 1. The molecule has 0 aliphatic rings.